The predicted octanol–water partition coefficient (Wildman–Crippen LogP) is 3.89. The number of rotatable bonds is 3. The average molecular weight is 341 g/mol. The zero-order valence-corrected chi connectivity index (χ0v) is 14.4. The van der Waals surface area contributed by atoms with Crippen molar-refractivity contribution in [3.8, 4) is 5.69 Å². The molecule has 6 heteroatoms. The summed E-state index contributed by atoms with van der Waals surface area (Å²) in [5.41, 5.74) is 4.13. The number of nitrogens with zero attached hydrogens (tertiary/aromatic N) is 3. The molecule has 1 N–H and O–H groups in total. The number of aromatic nitrogens is 3. The second kappa shape index (κ2) is 6.45. The molecule has 0 fully saturated rings. The number of aromatic amines is 1. The van der Waals surface area contributed by atoms with Gasteiger partial charge in [0.15, 0.2) is 5.82 Å². The summed E-state index contributed by atoms with van der Waals surface area (Å²) in [6.45, 7) is 5.85. The number of halogens is 1. The van der Waals surface area contributed by atoms with E-state index in [-0.39, 0.29) is 5.56 Å². The smallest absolute Gasteiger partial charge is 0.280 e. The van der Waals surface area contributed by atoms with Gasteiger partial charge in [-0.15, -0.1) is 0 Å². The average Bonchev–Trinajstić information content (AvgIpc) is 2.82. The first kappa shape index (κ1) is 16.2. The first-order valence-electron chi connectivity index (χ1n) is 7.50. The molecule has 0 aliphatic rings. The van der Waals surface area contributed by atoms with Crippen LogP contribution in [0.4, 0.5) is 5.82 Å². The lowest BCUT2D eigenvalue weighted by molar-refractivity contribution is 0.828. The molecule has 2 heterocycles. The maximum Gasteiger partial charge on any atom is 0.280 e. The quantitative estimate of drug-likeness (QED) is 0.735. The largest absolute Gasteiger partial charge is 0.295 e. The van der Waals surface area contributed by atoms with Gasteiger partial charge in [-0.05, 0) is 44.5 Å². The van der Waals surface area contributed by atoms with Crippen LogP contribution in [0.3, 0.4) is 0 Å². The number of benzene rings is 1. The van der Waals surface area contributed by atoms with Crippen molar-refractivity contribution >= 4 is 23.6 Å². The summed E-state index contributed by atoms with van der Waals surface area (Å²) in [6, 6.07) is 9.37. The molecular weight excluding hydrogens is 324 g/mol. The van der Waals surface area contributed by atoms with Gasteiger partial charge in [-0.25, -0.2) is 14.7 Å². The molecule has 1 aromatic carbocycles. The molecule has 0 aliphatic heterocycles. The van der Waals surface area contributed by atoms with Crippen LogP contribution in [0, 0.1) is 20.8 Å². The maximum atomic E-state index is 12.7. The molecule has 5 nitrogen and oxygen atoms in total. The Bertz CT molecular complexity index is 968. The van der Waals surface area contributed by atoms with Crippen LogP contribution in [-0.2, 0) is 0 Å². The fourth-order valence-corrected chi connectivity index (χ4v) is 2.62. The Balaban J connectivity index is 2.00. The van der Waals surface area contributed by atoms with Crippen molar-refractivity contribution < 1.29 is 0 Å². The fourth-order valence-electron chi connectivity index (χ4n) is 2.51. The van der Waals surface area contributed by atoms with Crippen LogP contribution in [0.5, 0.6) is 0 Å². The third-order valence-corrected chi connectivity index (χ3v) is 3.97. The number of hydrogen-bond donors (Lipinski definition) is 1. The van der Waals surface area contributed by atoms with Crippen LogP contribution in [0.1, 0.15) is 22.4 Å². The standard InChI is InChI=1S/C18H17ClN4O/c1-11-4-6-16(12(2)8-11)23-18(24)15(13(3)22-23)10-21-17-7-5-14(19)9-20-17/h4-10,22H,1-3H3. The Hall–Kier alpha value is -2.66. The topological polar surface area (TPSA) is 63.0 Å². The highest BCUT2D eigenvalue weighted by Gasteiger charge is 2.12. The van der Waals surface area contributed by atoms with Gasteiger partial charge in [0.05, 0.1) is 16.3 Å². The molecule has 2 aromatic heterocycles. The van der Waals surface area contributed by atoms with E-state index in [0.717, 1.165) is 22.5 Å². The predicted molar refractivity (Wildman–Crippen MR) is 97.1 cm³/mol. The summed E-state index contributed by atoms with van der Waals surface area (Å²) in [4.78, 5) is 21.0. The van der Waals surface area contributed by atoms with E-state index in [9.17, 15) is 4.79 Å². The third-order valence-electron chi connectivity index (χ3n) is 3.75. The lowest BCUT2D eigenvalue weighted by Crippen LogP contribution is -2.18. The van der Waals surface area contributed by atoms with Crippen molar-refractivity contribution in [1.82, 2.24) is 14.8 Å². The number of nitrogens with one attached hydrogen (secondary N) is 1. The van der Waals surface area contributed by atoms with Gasteiger partial charge in [-0.3, -0.25) is 9.89 Å². The Labute approximate surface area is 144 Å². The van der Waals surface area contributed by atoms with Gasteiger partial charge in [0, 0.05) is 18.1 Å². The molecule has 0 aliphatic carbocycles. The van der Waals surface area contributed by atoms with Crippen LogP contribution < -0.4 is 5.56 Å². The highest BCUT2D eigenvalue weighted by atomic mass is 35.5. The molecule has 122 valence electrons. The zero-order valence-electron chi connectivity index (χ0n) is 13.7. The van der Waals surface area contributed by atoms with Crippen molar-refractivity contribution in [3.05, 3.63) is 74.3 Å². The van der Waals surface area contributed by atoms with Gasteiger partial charge in [0.2, 0.25) is 0 Å². The van der Waals surface area contributed by atoms with Crippen molar-refractivity contribution in [2.24, 2.45) is 4.99 Å². The van der Waals surface area contributed by atoms with Crippen molar-refractivity contribution in [1.29, 1.82) is 0 Å². The number of pyridine rings is 1. The van der Waals surface area contributed by atoms with Crippen LogP contribution in [-0.4, -0.2) is 21.0 Å². The van der Waals surface area contributed by atoms with E-state index < -0.39 is 0 Å². The molecule has 0 radical (unpaired) electrons. The lowest BCUT2D eigenvalue weighted by Gasteiger charge is -2.06. The Morgan fingerprint density at radius 1 is 1.21 bits per heavy atom. The molecule has 0 spiro atoms. The van der Waals surface area contributed by atoms with Crippen molar-refractivity contribution in [2.45, 2.75) is 20.8 Å². The van der Waals surface area contributed by atoms with Gasteiger partial charge in [-0.2, -0.15) is 0 Å². The summed E-state index contributed by atoms with van der Waals surface area (Å²) in [5.74, 6) is 0.498. The number of aryl methyl sites for hydroxylation is 3. The highest BCUT2D eigenvalue weighted by molar-refractivity contribution is 6.30. The second-order valence-corrected chi connectivity index (χ2v) is 6.11. The lowest BCUT2D eigenvalue weighted by atomic mass is 10.1. The summed E-state index contributed by atoms with van der Waals surface area (Å²) in [5, 5.41) is 3.65. The molecule has 3 aromatic rings. The molecule has 24 heavy (non-hydrogen) atoms. The van der Waals surface area contributed by atoms with Gasteiger partial charge < -0.3 is 0 Å². The van der Waals surface area contributed by atoms with E-state index in [1.807, 2.05) is 39.0 Å². The summed E-state index contributed by atoms with van der Waals surface area (Å²) < 4.78 is 1.54. The van der Waals surface area contributed by atoms with Gasteiger partial charge in [0.25, 0.3) is 5.56 Å². The van der Waals surface area contributed by atoms with E-state index in [4.69, 9.17) is 11.6 Å². The molecule has 0 unspecified atom stereocenters. The van der Waals surface area contributed by atoms with Crippen LogP contribution in [0.25, 0.3) is 5.69 Å². The SMILES string of the molecule is Cc1ccc(-n2[nH]c(C)c(C=Nc3ccc(Cl)cn3)c2=O)c(C)c1. The molecular formula is C18H17ClN4O. The van der Waals surface area contributed by atoms with E-state index in [1.165, 1.54) is 12.4 Å². The molecule has 0 atom stereocenters. The highest BCUT2D eigenvalue weighted by Crippen LogP contribution is 2.15. The van der Waals surface area contributed by atoms with Gasteiger partial charge in [0.1, 0.15) is 0 Å². The first-order chi connectivity index (χ1) is 11.5. The summed E-state index contributed by atoms with van der Waals surface area (Å²) in [6.07, 6.45) is 3.05. The molecule has 0 amide bonds. The summed E-state index contributed by atoms with van der Waals surface area (Å²) in [7, 11) is 0. The van der Waals surface area contributed by atoms with Crippen LogP contribution in [0.15, 0.2) is 46.3 Å². The number of aliphatic imine (C=N–C) groups is 1. The fraction of sp³-hybridized carbons (Fsp3) is 0.167. The van der Waals surface area contributed by atoms with E-state index in [1.54, 1.807) is 16.8 Å². The minimum absolute atomic E-state index is 0.142. The van der Waals surface area contributed by atoms with E-state index in [0.29, 0.717) is 16.4 Å². The van der Waals surface area contributed by atoms with Crippen molar-refractivity contribution in [2.75, 3.05) is 0 Å². The normalized spacial score (nSPS) is 11.3. The van der Waals surface area contributed by atoms with Gasteiger partial charge in [-0.1, -0.05) is 29.3 Å². The number of H-pyrrole nitrogens is 1. The molecule has 0 saturated heterocycles. The van der Waals surface area contributed by atoms with Crippen LogP contribution >= 0.6 is 11.6 Å². The van der Waals surface area contributed by atoms with Crippen molar-refractivity contribution in [3.63, 3.8) is 0 Å². The second-order valence-electron chi connectivity index (χ2n) is 5.67. The monoisotopic (exact) mass is 340 g/mol. The third kappa shape index (κ3) is 3.16. The van der Waals surface area contributed by atoms with E-state index in [2.05, 4.69) is 15.1 Å². The first-order valence-corrected chi connectivity index (χ1v) is 7.88. The molecule has 3 rings (SSSR count). The molecule has 0 saturated carbocycles. The Morgan fingerprint density at radius 3 is 2.67 bits per heavy atom. The minimum Gasteiger partial charge on any atom is -0.295 e. The zero-order chi connectivity index (χ0) is 17.3. The Kier molecular flexibility index (Phi) is 4.36. The van der Waals surface area contributed by atoms with Crippen LogP contribution in [0.2, 0.25) is 5.02 Å². The Morgan fingerprint density at radius 2 is 2.00 bits per heavy atom. The van der Waals surface area contributed by atoms with E-state index >= 15 is 0 Å². The number of hydrogen-bond acceptors (Lipinski definition) is 3. The molecule has 0 bridgehead atoms. The minimum atomic E-state index is -0.142. The maximum absolute atomic E-state index is 12.7. The van der Waals surface area contributed by atoms with Gasteiger partial charge >= 0.3 is 0 Å². The summed E-state index contributed by atoms with van der Waals surface area (Å²) >= 11 is 5.80.